The number of amides is 1. The lowest BCUT2D eigenvalue weighted by Gasteiger charge is -2.03. The summed E-state index contributed by atoms with van der Waals surface area (Å²) in [6.45, 7) is 0.120. The van der Waals surface area contributed by atoms with Gasteiger partial charge in [0.25, 0.3) is 0 Å². The molecule has 104 valence electrons. The highest BCUT2D eigenvalue weighted by Crippen LogP contribution is 2.17. The zero-order chi connectivity index (χ0) is 14.7. The number of imidazole rings is 1. The Hall–Kier alpha value is -2.88. The Balaban J connectivity index is 2.04. The lowest BCUT2D eigenvalue weighted by molar-refractivity contribution is -0.118. The molecule has 4 nitrogen and oxygen atoms in total. The van der Waals surface area contributed by atoms with Crippen molar-refractivity contribution in [3.05, 3.63) is 66.0 Å². The maximum absolute atomic E-state index is 11.3. The molecule has 1 amide bonds. The minimum absolute atomic E-state index is 0.120. The van der Waals surface area contributed by atoms with E-state index in [0.717, 1.165) is 22.4 Å². The van der Waals surface area contributed by atoms with Crippen molar-refractivity contribution in [2.24, 2.45) is 5.73 Å². The summed E-state index contributed by atoms with van der Waals surface area (Å²) in [5, 5.41) is 0. The Morgan fingerprint density at radius 1 is 1.05 bits per heavy atom. The molecule has 0 aliphatic heterocycles. The molecule has 4 heteroatoms. The van der Waals surface area contributed by atoms with E-state index >= 15 is 0 Å². The molecule has 0 aliphatic rings. The highest BCUT2D eigenvalue weighted by molar-refractivity contribution is 5.83. The molecule has 0 aliphatic carbocycles. The average molecular weight is 277 g/mol. The molecule has 0 radical (unpaired) electrons. The molecule has 0 bridgehead atoms. The van der Waals surface area contributed by atoms with E-state index in [4.69, 9.17) is 5.73 Å². The maximum Gasteiger partial charge on any atom is 0.237 e. The number of rotatable bonds is 4. The van der Waals surface area contributed by atoms with Crippen molar-refractivity contribution >= 4 is 29.1 Å². The number of nitrogens with zero attached hydrogens (tertiary/aromatic N) is 2. The molecular formula is C17H15N3O. The van der Waals surface area contributed by atoms with E-state index in [1.165, 1.54) is 0 Å². The van der Waals surface area contributed by atoms with Crippen LogP contribution in [0.4, 0.5) is 0 Å². The highest BCUT2D eigenvalue weighted by Gasteiger charge is 2.09. The molecule has 0 atom stereocenters. The van der Waals surface area contributed by atoms with Crippen molar-refractivity contribution in [2.45, 2.75) is 6.54 Å². The summed E-state index contributed by atoms with van der Waals surface area (Å²) in [4.78, 5) is 15.8. The summed E-state index contributed by atoms with van der Waals surface area (Å²) in [6.07, 6.45) is 3.87. The first-order valence-corrected chi connectivity index (χ1v) is 6.71. The predicted octanol–water partition coefficient (Wildman–Crippen LogP) is 2.69. The molecule has 1 aromatic heterocycles. The fourth-order valence-electron chi connectivity index (χ4n) is 2.28. The van der Waals surface area contributed by atoms with Crippen molar-refractivity contribution in [2.75, 3.05) is 0 Å². The third kappa shape index (κ3) is 2.84. The fourth-order valence-corrected chi connectivity index (χ4v) is 2.28. The van der Waals surface area contributed by atoms with Crippen molar-refractivity contribution in [1.29, 1.82) is 0 Å². The number of nitrogens with two attached hydrogens (primary N) is 1. The molecule has 0 unspecified atom stereocenters. The van der Waals surface area contributed by atoms with Gasteiger partial charge in [-0.25, -0.2) is 4.98 Å². The van der Waals surface area contributed by atoms with Gasteiger partial charge in [0.05, 0.1) is 11.0 Å². The van der Waals surface area contributed by atoms with E-state index in [2.05, 4.69) is 4.98 Å². The summed E-state index contributed by atoms with van der Waals surface area (Å²) < 4.78 is 1.83. The SMILES string of the molecule is NC(=O)Cn1c(/C=C/c2ccccc2)nc2ccccc21. The van der Waals surface area contributed by atoms with E-state index in [0.29, 0.717) is 0 Å². The van der Waals surface area contributed by atoms with Crippen molar-refractivity contribution in [1.82, 2.24) is 9.55 Å². The fraction of sp³-hybridized carbons (Fsp3) is 0.0588. The van der Waals surface area contributed by atoms with Gasteiger partial charge in [-0.3, -0.25) is 4.79 Å². The molecule has 0 fully saturated rings. The van der Waals surface area contributed by atoms with Crippen LogP contribution in [0.15, 0.2) is 54.6 Å². The van der Waals surface area contributed by atoms with E-state index in [-0.39, 0.29) is 12.5 Å². The van der Waals surface area contributed by atoms with Crippen LogP contribution < -0.4 is 5.73 Å². The normalized spacial score (nSPS) is 11.2. The second kappa shape index (κ2) is 5.63. The van der Waals surface area contributed by atoms with Gasteiger partial charge in [-0.2, -0.15) is 0 Å². The number of benzene rings is 2. The zero-order valence-corrected chi connectivity index (χ0v) is 11.4. The molecule has 1 heterocycles. The van der Waals surface area contributed by atoms with Crippen molar-refractivity contribution in [3.8, 4) is 0 Å². The summed E-state index contributed by atoms with van der Waals surface area (Å²) in [6, 6.07) is 17.7. The highest BCUT2D eigenvalue weighted by atomic mass is 16.1. The van der Waals surface area contributed by atoms with E-state index < -0.39 is 0 Å². The summed E-state index contributed by atoms with van der Waals surface area (Å²) >= 11 is 0. The second-order valence-electron chi connectivity index (χ2n) is 4.76. The maximum atomic E-state index is 11.3. The standard InChI is InChI=1S/C17H15N3O/c18-16(21)12-20-15-9-5-4-8-14(15)19-17(20)11-10-13-6-2-1-3-7-13/h1-11H,12H2,(H2,18,21)/b11-10+. The van der Waals surface area contributed by atoms with Gasteiger partial charge in [-0.1, -0.05) is 48.5 Å². The van der Waals surface area contributed by atoms with Gasteiger partial charge in [0.2, 0.25) is 5.91 Å². The first kappa shape index (κ1) is 13.1. The van der Waals surface area contributed by atoms with Gasteiger partial charge in [0.1, 0.15) is 12.4 Å². The van der Waals surface area contributed by atoms with Crippen LogP contribution in [0.2, 0.25) is 0 Å². The van der Waals surface area contributed by atoms with Gasteiger partial charge < -0.3 is 10.3 Å². The first-order chi connectivity index (χ1) is 10.2. The van der Waals surface area contributed by atoms with Crippen LogP contribution in [0.5, 0.6) is 0 Å². The van der Waals surface area contributed by atoms with Crippen LogP contribution in [0.3, 0.4) is 0 Å². The molecule has 21 heavy (non-hydrogen) atoms. The lowest BCUT2D eigenvalue weighted by Crippen LogP contribution is -2.19. The van der Waals surface area contributed by atoms with Crippen LogP contribution in [-0.2, 0) is 11.3 Å². The summed E-state index contributed by atoms with van der Waals surface area (Å²) in [5.74, 6) is 0.339. The van der Waals surface area contributed by atoms with Gasteiger partial charge in [0, 0.05) is 0 Å². The second-order valence-corrected chi connectivity index (χ2v) is 4.76. The molecule has 0 saturated carbocycles. The van der Waals surface area contributed by atoms with Gasteiger partial charge in [0.15, 0.2) is 0 Å². The quantitative estimate of drug-likeness (QED) is 0.797. The van der Waals surface area contributed by atoms with Crippen LogP contribution in [0, 0.1) is 0 Å². The van der Waals surface area contributed by atoms with Gasteiger partial charge in [-0.05, 0) is 23.8 Å². The van der Waals surface area contributed by atoms with E-state index in [9.17, 15) is 4.79 Å². The Kier molecular flexibility index (Phi) is 3.51. The number of fused-ring (bicyclic) bond motifs is 1. The van der Waals surface area contributed by atoms with Crippen LogP contribution in [-0.4, -0.2) is 15.5 Å². The Morgan fingerprint density at radius 2 is 1.76 bits per heavy atom. The van der Waals surface area contributed by atoms with Gasteiger partial charge >= 0.3 is 0 Å². The largest absolute Gasteiger partial charge is 0.368 e. The predicted molar refractivity (Wildman–Crippen MR) is 84.3 cm³/mol. The van der Waals surface area contributed by atoms with Crippen LogP contribution >= 0.6 is 0 Å². The first-order valence-electron chi connectivity index (χ1n) is 6.71. The smallest absolute Gasteiger partial charge is 0.237 e. The van der Waals surface area contributed by atoms with E-state index in [1.54, 1.807) is 0 Å². The lowest BCUT2D eigenvalue weighted by atomic mass is 10.2. The Morgan fingerprint density at radius 3 is 2.52 bits per heavy atom. The van der Waals surface area contributed by atoms with E-state index in [1.807, 2.05) is 71.3 Å². The molecular weight excluding hydrogens is 262 g/mol. The van der Waals surface area contributed by atoms with Crippen molar-refractivity contribution in [3.63, 3.8) is 0 Å². The van der Waals surface area contributed by atoms with Crippen molar-refractivity contribution < 1.29 is 4.79 Å². The number of para-hydroxylation sites is 2. The summed E-state index contributed by atoms with van der Waals surface area (Å²) in [5.41, 5.74) is 8.18. The molecule has 2 aromatic carbocycles. The van der Waals surface area contributed by atoms with Crippen LogP contribution in [0.1, 0.15) is 11.4 Å². The van der Waals surface area contributed by atoms with Gasteiger partial charge in [-0.15, -0.1) is 0 Å². The molecule has 3 rings (SSSR count). The molecule has 2 N–H and O–H groups in total. The minimum Gasteiger partial charge on any atom is -0.368 e. The molecule has 0 saturated heterocycles. The number of carbonyl (C=O) groups excluding carboxylic acids is 1. The van der Waals surface area contributed by atoms with Crippen LogP contribution in [0.25, 0.3) is 23.2 Å². The molecule has 3 aromatic rings. The minimum atomic E-state index is -0.382. The third-order valence-electron chi connectivity index (χ3n) is 3.22. The third-order valence-corrected chi connectivity index (χ3v) is 3.22. The average Bonchev–Trinajstić information content (AvgIpc) is 2.84. The molecule has 0 spiro atoms. The Labute approximate surface area is 122 Å². The topological polar surface area (TPSA) is 60.9 Å². The number of carbonyl (C=O) groups is 1. The number of hydrogen-bond acceptors (Lipinski definition) is 2. The number of aromatic nitrogens is 2. The summed E-state index contributed by atoms with van der Waals surface area (Å²) in [7, 11) is 0. The number of hydrogen-bond donors (Lipinski definition) is 1. The number of primary amides is 1. The zero-order valence-electron chi connectivity index (χ0n) is 11.4. The Bertz CT molecular complexity index is 803. The monoisotopic (exact) mass is 277 g/mol.